The van der Waals surface area contributed by atoms with Crippen molar-refractivity contribution in [3.05, 3.63) is 112 Å². The Morgan fingerprint density at radius 1 is 0.889 bits per heavy atom. The molecule has 0 radical (unpaired) electrons. The number of aromatic hydroxyl groups is 1. The average molecular weight is 398 g/mol. The molecular formula is C23H21Cl2NO. The summed E-state index contributed by atoms with van der Waals surface area (Å²) in [5.41, 5.74) is 2.99. The van der Waals surface area contributed by atoms with E-state index < -0.39 is 0 Å². The van der Waals surface area contributed by atoms with E-state index in [2.05, 4.69) is 11.9 Å². The summed E-state index contributed by atoms with van der Waals surface area (Å²) < 4.78 is 0. The van der Waals surface area contributed by atoms with Crippen LogP contribution < -0.4 is 5.32 Å². The summed E-state index contributed by atoms with van der Waals surface area (Å²) >= 11 is 12.3. The molecule has 0 aromatic heterocycles. The van der Waals surface area contributed by atoms with Gasteiger partial charge >= 0.3 is 0 Å². The number of phenols is 1. The summed E-state index contributed by atoms with van der Waals surface area (Å²) in [4.78, 5) is 0. The fraction of sp³-hybridized carbons (Fsp3) is 0.130. The van der Waals surface area contributed by atoms with Crippen LogP contribution in [-0.4, -0.2) is 5.11 Å². The number of phenolic OH excluding ortho intramolecular Hbond substituents is 1. The van der Waals surface area contributed by atoms with Crippen molar-refractivity contribution in [1.29, 1.82) is 0 Å². The number of rotatable bonds is 7. The molecule has 3 aromatic carbocycles. The van der Waals surface area contributed by atoms with Crippen LogP contribution in [0, 0.1) is 0 Å². The van der Waals surface area contributed by atoms with Gasteiger partial charge in [-0.3, -0.25) is 0 Å². The zero-order chi connectivity index (χ0) is 19.2. The van der Waals surface area contributed by atoms with Gasteiger partial charge in [-0.1, -0.05) is 71.7 Å². The maximum Gasteiger partial charge on any atom is 0.120 e. The zero-order valence-electron chi connectivity index (χ0n) is 14.8. The smallest absolute Gasteiger partial charge is 0.120 e. The Morgan fingerprint density at radius 2 is 1.63 bits per heavy atom. The molecule has 0 amide bonds. The lowest BCUT2D eigenvalue weighted by Gasteiger charge is -2.27. The monoisotopic (exact) mass is 397 g/mol. The second-order valence-electron chi connectivity index (χ2n) is 6.36. The van der Waals surface area contributed by atoms with Crippen molar-refractivity contribution in [2.45, 2.75) is 18.5 Å². The van der Waals surface area contributed by atoms with Gasteiger partial charge in [-0.05, 0) is 41.5 Å². The first-order chi connectivity index (χ1) is 13.1. The average Bonchev–Trinajstić information content (AvgIpc) is 2.67. The van der Waals surface area contributed by atoms with Crippen LogP contribution in [-0.2, 0) is 6.54 Å². The summed E-state index contributed by atoms with van der Waals surface area (Å²) in [7, 11) is 0. The van der Waals surface area contributed by atoms with E-state index in [4.69, 9.17) is 23.2 Å². The molecule has 3 rings (SSSR count). The summed E-state index contributed by atoms with van der Waals surface area (Å²) in [5, 5.41) is 15.0. The number of hydrogen-bond donors (Lipinski definition) is 2. The Hall–Kier alpha value is -2.26. The summed E-state index contributed by atoms with van der Waals surface area (Å²) in [6.07, 6.45) is 1.92. The van der Waals surface area contributed by atoms with Crippen molar-refractivity contribution in [3.8, 4) is 5.75 Å². The lowest BCUT2D eigenvalue weighted by Crippen LogP contribution is -2.26. The number of para-hydroxylation sites is 1. The van der Waals surface area contributed by atoms with E-state index in [9.17, 15) is 5.11 Å². The number of benzene rings is 3. The van der Waals surface area contributed by atoms with Gasteiger partial charge in [0.1, 0.15) is 5.75 Å². The molecule has 0 aliphatic heterocycles. The fourth-order valence-electron chi connectivity index (χ4n) is 3.18. The van der Waals surface area contributed by atoms with Crippen LogP contribution >= 0.6 is 23.2 Å². The third-order valence-corrected chi connectivity index (χ3v) is 5.07. The molecule has 0 fully saturated rings. The Labute approximate surface area is 170 Å². The van der Waals surface area contributed by atoms with Gasteiger partial charge in [0.05, 0.1) is 0 Å². The predicted octanol–water partition coefficient (Wildman–Crippen LogP) is 6.50. The van der Waals surface area contributed by atoms with Crippen molar-refractivity contribution in [2.75, 3.05) is 0 Å². The third kappa shape index (κ3) is 4.92. The van der Waals surface area contributed by atoms with Gasteiger partial charge in [0.2, 0.25) is 0 Å². The summed E-state index contributed by atoms with van der Waals surface area (Å²) in [6.45, 7) is 4.56. The highest BCUT2D eigenvalue weighted by molar-refractivity contribution is 6.30. The molecule has 27 heavy (non-hydrogen) atoms. The molecule has 2 atom stereocenters. The van der Waals surface area contributed by atoms with Gasteiger partial charge in [0, 0.05) is 34.1 Å². The van der Waals surface area contributed by atoms with Crippen LogP contribution in [0.5, 0.6) is 5.75 Å². The first-order valence-electron chi connectivity index (χ1n) is 8.72. The molecule has 0 saturated heterocycles. The van der Waals surface area contributed by atoms with E-state index in [1.807, 2.05) is 72.8 Å². The summed E-state index contributed by atoms with van der Waals surface area (Å²) in [6, 6.07) is 22.8. The molecule has 4 heteroatoms. The minimum atomic E-state index is -0.0576. The lowest BCUT2D eigenvalue weighted by molar-refractivity contribution is 0.449. The van der Waals surface area contributed by atoms with Crippen molar-refractivity contribution in [1.82, 2.24) is 5.32 Å². The lowest BCUT2D eigenvalue weighted by atomic mass is 9.87. The largest absolute Gasteiger partial charge is 0.508 e. The van der Waals surface area contributed by atoms with E-state index >= 15 is 0 Å². The second-order valence-corrected chi connectivity index (χ2v) is 7.23. The maximum atomic E-state index is 10.1. The van der Waals surface area contributed by atoms with Gasteiger partial charge in [-0.15, -0.1) is 6.58 Å². The standard InChI is InChI=1S/C23H21Cl2NO/c1-2-21(17-7-5-8-20(25)14-17)23(16-10-12-19(24)13-11-16)26-15-18-6-3-4-9-22(18)27/h2-14,21,23,26-27H,1,15H2/t21-,23?/m1/s1. The van der Waals surface area contributed by atoms with E-state index in [-0.39, 0.29) is 17.7 Å². The van der Waals surface area contributed by atoms with Crippen molar-refractivity contribution in [3.63, 3.8) is 0 Å². The Bertz CT molecular complexity index is 908. The molecule has 138 valence electrons. The minimum Gasteiger partial charge on any atom is -0.508 e. The molecule has 2 N–H and O–H groups in total. The van der Waals surface area contributed by atoms with Crippen molar-refractivity contribution >= 4 is 23.2 Å². The Kier molecular flexibility index (Phi) is 6.57. The first-order valence-corrected chi connectivity index (χ1v) is 9.48. The van der Waals surface area contributed by atoms with E-state index in [0.29, 0.717) is 16.6 Å². The molecule has 0 saturated carbocycles. The van der Waals surface area contributed by atoms with Crippen molar-refractivity contribution < 1.29 is 5.11 Å². The number of nitrogens with one attached hydrogen (secondary N) is 1. The van der Waals surface area contributed by atoms with Crippen LogP contribution in [0.4, 0.5) is 0 Å². The van der Waals surface area contributed by atoms with E-state index in [1.54, 1.807) is 6.07 Å². The molecular weight excluding hydrogens is 377 g/mol. The van der Waals surface area contributed by atoms with E-state index in [0.717, 1.165) is 16.7 Å². The molecule has 0 spiro atoms. The van der Waals surface area contributed by atoms with Crippen LogP contribution in [0.25, 0.3) is 0 Å². The molecule has 0 aliphatic carbocycles. The molecule has 0 heterocycles. The SMILES string of the molecule is C=C[C@H](c1cccc(Cl)c1)C(NCc1ccccc1O)c1ccc(Cl)cc1. The van der Waals surface area contributed by atoms with Crippen LogP contribution in [0.2, 0.25) is 10.0 Å². The quantitative estimate of drug-likeness (QED) is 0.445. The first kappa shape index (κ1) is 19.5. The van der Waals surface area contributed by atoms with Gasteiger partial charge in [-0.25, -0.2) is 0 Å². The molecule has 0 bridgehead atoms. The van der Waals surface area contributed by atoms with Gasteiger partial charge in [-0.2, -0.15) is 0 Å². The third-order valence-electron chi connectivity index (χ3n) is 4.58. The maximum absolute atomic E-state index is 10.1. The highest BCUT2D eigenvalue weighted by Gasteiger charge is 2.22. The van der Waals surface area contributed by atoms with E-state index in [1.165, 1.54) is 0 Å². The topological polar surface area (TPSA) is 32.3 Å². The zero-order valence-corrected chi connectivity index (χ0v) is 16.3. The molecule has 2 nitrogen and oxygen atoms in total. The van der Waals surface area contributed by atoms with Gasteiger partial charge in [0.25, 0.3) is 0 Å². The van der Waals surface area contributed by atoms with Gasteiger partial charge < -0.3 is 10.4 Å². The highest BCUT2D eigenvalue weighted by atomic mass is 35.5. The summed E-state index contributed by atoms with van der Waals surface area (Å²) in [5.74, 6) is 0.272. The van der Waals surface area contributed by atoms with Gasteiger partial charge in [0.15, 0.2) is 0 Å². The number of halogens is 2. The van der Waals surface area contributed by atoms with Crippen LogP contribution in [0.15, 0.2) is 85.5 Å². The molecule has 0 aliphatic rings. The number of hydrogen-bond acceptors (Lipinski definition) is 2. The Morgan fingerprint density at radius 3 is 2.30 bits per heavy atom. The normalized spacial score (nSPS) is 13.1. The predicted molar refractivity (Wildman–Crippen MR) is 114 cm³/mol. The molecule has 3 aromatic rings. The highest BCUT2D eigenvalue weighted by Crippen LogP contribution is 2.34. The van der Waals surface area contributed by atoms with Crippen LogP contribution in [0.3, 0.4) is 0 Å². The molecule has 1 unspecified atom stereocenters. The van der Waals surface area contributed by atoms with Crippen LogP contribution in [0.1, 0.15) is 28.7 Å². The fourth-order valence-corrected chi connectivity index (χ4v) is 3.51. The minimum absolute atomic E-state index is 0.00395. The Balaban J connectivity index is 1.94. The second kappa shape index (κ2) is 9.09. The van der Waals surface area contributed by atoms with Crippen molar-refractivity contribution in [2.24, 2.45) is 0 Å².